The summed E-state index contributed by atoms with van der Waals surface area (Å²) >= 11 is 0. The highest BCUT2D eigenvalue weighted by atomic mass is 16.5. The molecule has 8 heteroatoms. The lowest BCUT2D eigenvalue weighted by molar-refractivity contribution is -0.129. The Hall–Kier alpha value is -3.39. The maximum atomic E-state index is 12.6. The van der Waals surface area contributed by atoms with Crippen molar-refractivity contribution in [2.75, 3.05) is 14.2 Å². The van der Waals surface area contributed by atoms with Crippen molar-refractivity contribution in [3.8, 4) is 11.5 Å². The molecule has 0 unspecified atom stereocenters. The average Bonchev–Trinajstić information content (AvgIpc) is 2.76. The Kier molecular flexibility index (Phi) is 8.37. The number of aliphatic hydroxyl groups is 1. The molecule has 8 nitrogen and oxygen atoms in total. The van der Waals surface area contributed by atoms with Crippen LogP contribution in [0.5, 0.6) is 11.5 Å². The molecular weight excluding hydrogens is 388 g/mol. The fourth-order valence-corrected chi connectivity index (χ4v) is 2.98. The molecule has 2 rings (SSSR count). The third-order valence-electron chi connectivity index (χ3n) is 4.60. The predicted molar refractivity (Wildman–Crippen MR) is 110 cm³/mol. The first-order valence-electron chi connectivity index (χ1n) is 9.41. The summed E-state index contributed by atoms with van der Waals surface area (Å²) in [7, 11) is 2.94. The minimum atomic E-state index is -1.55. The Bertz CT molecular complexity index is 884. The SMILES string of the molecule is COc1ccc(OC)c(C(=O)CCC(=O)N[C@@H](Cc2ccccc2)[C@@H](O)C(N)=O)c1. The molecule has 0 aliphatic heterocycles. The van der Waals surface area contributed by atoms with Crippen LogP contribution in [-0.2, 0) is 16.0 Å². The average molecular weight is 414 g/mol. The maximum absolute atomic E-state index is 12.6. The lowest BCUT2D eigenvalue weighted by Crippen LogP contribution is -2.50. The number of ether oxygens (including phenoxy) is 2. The van der Waals surface area contributed by atoms with E-state index in [0.29, 0.717) is 17.1 Å². The fraction of sp³-hybridized carbons (Fsp3) is 0.318. The minimum absolute atomic E-state index is 0.0832. The van der Waals surface area contributed by atoms with Crippen LogP contribution in [0, 0.1) is 0 Å². The number of hydrogen-bond donors (Lipinski definition) is 3. The molecule has 0 saturated carbocycles. The van der Waals surface area contributed by atoms with E-state index in [1.807, 2.05) is 30.3 Å². The molecule has 0 aromatic heterocycles. The molecule has 0 saturated heterocycles. The van der Waals surface area contributed by atoms with Crippen LogP contribution >= 0.6 is 0 Å². The molecule has 0 aliphatic rings. The molecule has 0 fully saturated rings. The number of Topliss-reactive ketones (excluding diaryl/α,β-unsaturated/α-hetero) is 1. The first-order valence-corrected chi connectivity index (χ1v) is 9.41. The number of amides is 2. The first kappa shape index (κ1) is 22.9. The summed E-state index contributed by atoms with van der Waals surface area (Å²) in [6, 6.07) is 13.0. The largest absolute Gasteiger partial charge is 0.497 e. The lowest BCUT2D eigenvalue weighted by atomic mass is 10.00. The van der Waals surface area contributed by atoms with Gasteiger partial charge in [-0.1, -0.05) is 30.3 Å². The number of nitrogens with two attached hydrogens (primary N) is 1. The van der Waals surface area contributed by atoms with Gasteiger partial charge in [0, 0.05) is 12.8 Å². The van der Waals surface area contributed by atoms with Crippen LogP contribution in [0.1, 0.15) is 28.8 Å². The van der Waals surface area contributed by atoms with Crippen molar-refractivity contribution in [2.24, 2.45) is 5.73 Å². The van der Waals surface area contributed by atoms with E-state index in [-0.39, 0.29) is 25.0 Å². The quantitative estimate of drug-likeness (QED) is 0.475. The van der Waals surface area contributed by atoms with Gasteiger partial charge in [0.1, 0.15) is 11.5 Å². The summed E-state index contributed by atoms with van der Waals surface area (Å²) in [5, 5.41) is 12.7. The van der Waals surface area contributed by atoms with Crippen molar-refractivity contribution in [1.82, 2.24) is 5.32 Å². The minimum Gasteiger partial charge on any atom is -0.497 e. The van der Waals surface area contributed by atoms with Gasteiger partial charge in [0.15, 0.2) is 11.9 Å². The zero-order chi connectivity index (χ0) is 22.1. The summed E-state index contributed by atoms with van der Waals surface area (Å²) in [5.74, 6) is -0.834. The van der Waals surface area contributed by atoms with E-state index in [2.05, 4.69) is 5.32 Å². The van der Waals surface area contributed by atoms with Crippen LogP contribution in [0.15, 0.2) is 48.5 Å². The number of hydrogen-bond acceptors (Lipinski definition) is 6. The maximum Gasteiger partial charge on any atom is 0.248 e. The molecule has 0 bridgehead atoms. The molecule has 2 atom stereocenters. The van der Waals surface area contributed by atoms with Crippen LogP contribution in [0.4, 0.5) is 0 Å². The summed E-state index contributed by atoms with van der Waals surface area (Å²) in [5.41, 5.74) is 6.33. The van der Waals surface area contributed by atoms with Gasteiger partial charge in [-0.05, 0) is 30.2 Å². The Labute approximate surface area is 175 Å². The Morgan fingerprint density at radius 2 is 1.73 bits per heavy atom. The van der Waals surface area contributed by atoms with E-state index in [0.717, 1.165) is 5.56 Å². The number of methoxy groups -OCH3 is 2. The standard InChI is InChI=1S/C22H26N2O6/c1-29-15-8-10-19(30-2)16(13-15)18(25)9-11-20(26)24-17(21(27)22(23)28)12-14-6-4-3-5-7-14/h3-8,10,13,17,21,27H,9,11-12H2,1-2H3,(H2,23,28)(H,24,26)/t17-,21+/m0/s1. The first-order chi connectivity index (χ1) is 14.3. The molecule has 0 heterocycles. The van der Waals surface area contributed by atoms with Crippen LogP contribution < -0.4 is 20.5 Å². The number of benzene rings is 2. The molecule has 2 amide bonds. The molecule has 0 spiro atoms. The number of carbonyl (C=O) groups excluding carboxylic acids is 3. The highest BCUT2D eigenvalue weighted by Crippen LogP contribution is 2.25. The van der Waals surface area contributed by atoms with Gasteiger partial charge in [0.05, 0.1) is 25.8 Å². The zero-order valence-electron chi connectivity index (χ0n) is 17.0. The van der Waals surface area contributed by atoms with Crippen LogP contribution in [0.3, 0.4) is 0 Å². The Morgan fingerprint density at radius 1 is 1.03 bits per heavy atom. The lowest BCUT2D eigenvalue weighted by Gasteiger charge is -2.22. The summed E-state index contributed by atoms with van der Waals surface area (Å²) in [6.07, 6.45) is -1.55. The van der Waals surface area contributed by atoms with Crippen molar-refractivity contribution >= 4 is 17.6 Å². The van der Waals surface area contributed by atoms with E-state index in [1.54, 1.807) is 18.2 Å². The topological polar surface area (TPSA) is 128 Å². The monoisotopic (exact) mass is 414 g/mol. The molecule has 0 radical (unpaired) electrons. The Morgan fingerprint density at radius 3 is 2.33 bits per heavy atom. The predicted octanol–water partition coefficient (Wildman–Crippen LogP) is 1.24. The molecular formula is C22H26N2O6. The van der Waals surface area contributed by atoms with Crippen molar-refractivity contribution in [1.29, 1.82) is 0 Å². The van der Waals surface area contributed by atoms with Gasteiger partial charge in [-0.15, -0.1) is 0 Å². The van der Waals surface area contributed by atoms with Gasteiger partial charge in [-0.2, -0.15) is 0 Å². The number of rotatable bonds is 11. The number of ketones is 1. The van der Waals surface area contributed by atoms with E-state index in [9.17, 15) is 19.5 Å². The van der Waals surface area contributed by atoms with Crippen LogP contribution in [0.25, 0.3) is 0 Å². The van der Waals surface area contributed by atoms with E-state index < -0.39 is 24.0 Å². The Balaban J connectivity index is 2.03. The second-order valence-corrected chi connectivity index (χ2v) is 6.70. The smallest absolute Gasteiger partial charge is 0.248 e. The highest BCUT2D eigenvalue weighted by molar-refractivity contribution is 6.00. The number of primary amides is 1. The molecule has 4 N–H and O–H groups in total. The van der Waals surface area contributed by atoms with E-state index in [1.165, 1.54) is 14.2 Å². The zero-order valence-corrected chi connectivity index (χ0v) is 17.0. The third kappa shape index (κ3) is 6.31. The highest BCUT2D eigenvalue weighted by Gasteiger charge is 2.26. The van der Waals surface area contributed by atoms with Crippen molar-refractivity contribution in [3.63, 3.8) is 0 Å². The molecule has 160 valence electrons. The number of carbonyl (C=O) groups is 3. The normalized spacial score (nSPS) is 12.5. The van der Waals surface area contributed by atoms with Gasteiger partial charge in [-0.3, -0.25) is 14.4 Å². The van der Waals surface area contributed by atoms with Crippen LogP contribution in [0.2, 0.25) is 0 Å². The summed E-state index contributed by atoms with van der Waals surface area (Å²) in [4.78, 5) is 36.4. The summed E-state index contributed by atoms with van der Waals surface area (Å²) < 4.78 is 10.3. The van der Waals surface area contributed by atoms with E-state index in [4.69, 9.17) is 15.2 Å². The van der Waals surface area contributed by atoms with Crippen LogP contribution in [-0.4, -0.2) is 49.1 Å². The summed E-state index contributed by atoms with van der Waals surface area (Å²) in [6.45, 7) is 0. The van der Waals surface area contributed by atoms with Crippen molar-refractivity contribution in [3.05, 3.63) is 59.7 Å². The molecule has 2 aromatic carbocycles. The molecule has 30 heavy (non-hydrogen) atoms. The second-order valence-electron chi connectivity index (χ2n) is 6.70. The molecule has 0 aliphatic carbocycles. The second kappa shape index (κ2) is 11.0. The molecule has 2 aromatic rings. The van der Waals surface area contributed by atoms with Crippen molar-refractivity contribution < 1.29 is 29.0 Å². The van der Waals surface area contributed by atoms with Gasteiger partial charge in [0.2, 0.25) is 11.8 Å². The number of aliphatic hydroxyl groups excluding tert-OH is 1. The van der Waals surface area contributed by atoms with Gasteiger partial charge >= 0.3 is 0 Å². The van der Waals surface area contributed by atoms with Gasteiger partial charge < -0.3 is 25.6 Å². The van der Waals surface area contributed by atoms with Crippen molar-refractivity contribution in [2.45, 2.75) is 31.4 Å². The number of nitrogens with one attached hydrogen (secondary N) is 1. The third-order valence-corrected chi connectivity index (χ3v) is 4.60. The van der Waals surface area contributed by atoms with Gasteiger partial charge in [0.25, 0.3) is 0 Å². The fourth-order valence-electron chi connectivity index (χ4n) is 2.98. The van der Waals surface area contributed by atoms with Gasteiger partial charge in [-0.25, -0.2) is 0 Å². The van der Waals surface area contributed by atoms with E-state index >= 15 is 0 Å².